The molecule has 0 aromatic heterocycles. The maximum Gasteiger partial charge on any atom is 0.320 e. The molecule has 0 amide bonds. The highest BCUT2D eigenvalue weighted by Gasteiger charge is 2.26. The number of aliphatic carboxylic acids is 1. The smallest absolute Gasteiger partial charge is 0.320 e. The molecule has 18 heavy (non-hydrogen) atoms. The Kier molecular flexibility index (Phi) is 4.75. The lowest BCUT2D eigenvalue weighted by Crippen LogP contribution is -2.38. The Morgan fingerprint density at radius 1 is 1.17 bits per heavy atom. The van der Waals surface area contributed by atoms with Crippen LogP contribution >= 0.6 is 0 Å². The van der Waals surface area contributed by atoms with Crippen LogP contribution in [0.3, 0.4) is 0 Å². The minimum Gasteiger partial charge on any atom is -0.480 e. The first-order chi connectivity index (χ1) is 8.65. The fourth-order valence-corrected chi connectivity index (χ4v) is 2.37. The molecule has 2 rings (SSSR count). The molecule has 0 saturated heterocycles. The second-order valence-electron chi connectivity index (χ2n) is 5.82. The number of carboxylic acids is 1. The molecule has 0 aromatic rings. The number of rotatable bonds is 9. The van der Waals surface area contributed by atoms with E-state index in [0.29, 0.717) is 31.1 Å². The molecule has 0 bridgehead atoms. The van der Waals surface area contributed by atoms with Crippen LogP contribution in [0.15, 0.2) is 0 Å². The number of nitrogens with one attached hydrogen (secondary N) is 1. The van der Waals surface area contributed by atoms with Gasteiger partial charge >= 0.3 is 5.97 Å². The summed E-state index contributed by atoms with van der Waals surface area (Å²) in [5, 5.41) is 12.2. The Morgan fingerprint density at radius 2 is 1.89 bits per heavy atom. The Bertz CT molecular complexity index is 308. The number of carboxylic acid groups (broad SMARTS) is 1. The van der Waals surface area contributed by atoms with Gasteiger partial charge in [0.25, 0.3) is 0 Å². The Hall–Kier alpha value is -0.900. The standard InChI is InChI=1S/C14H23NO3/c16-12(8-10-2-1-3-10)6-7-13(14(17)18)15-9-11-4-5-11/h10-11,13,15H,1-9H2,(H,17,18)/t13-/m0/s1. The zero-order chi connectivity index (χ0) is 13.0. The highest BCUT2D eigenvalue weighted by molar-refractivity contribution is 5.80. The first-order valence-corrected chi connectivity index (χ1v) is 7.13. The lowest BCUT2D eigenvalue weighted by atomic mass is 9.81. The Labute approximate surface area is 108 Å². The summed E-state index contributed by atoms with van der Waals surface area (Å²) in [6, 6.07) is -0.545. The van der Waals surface area contributed by atoms with Gasteiger partial charge < -0.3 is 10.4 Å². The van der Waals surface area contributed by atoms with Gasteiger partial charge in [0, 0.05) is 12.8 Å². The van der Waals surface area contributed by atoms with E-state index in [1.165, 1.54) is 32.1 Å². The number of hydrogen-bond donors (Lipinski definition) is 2. The van der Waals surface area contributed by atoms with Gasteiger partial charge in [0.1, 0.15) is 11.8 Å². The molecular formula is C14H23NO3. The quantitative estimate of drug-likeness (QED) is 0.659. The van der Waals surface area contributed by atoms with Gasteiger partial charge in [0.15, 0.2) is 0 Å². The van der Waals surface area contributed by atoms with E-state index in [-0.39, 0.29) is 5.78 Å². The molecule has 1 atom stereocenters. The Morgan fingerprint density at radius 3 is 2.39 bits per heavy atom. The van der Waals surface area contributed by atoms with Crippen LogP contribution in [-0.2, 0) is 9.59 Å². The van der Waals surface area contributed by atoms with Crippen molar-refractivity contribution in [3.63, 3.8) is 0 Å². The van der Waals surface area contributed by atoms with Crippen molar-refractivity contribution >= 4 is 11.8 Å². The second-order valence-corrected chi connectivity index (χ2v) is 5.82. The molecular weight excluding hydrogens is 230 g/mol. The lowest BCUT2D eigenvalue weighted by molar-refractivity contribution is -0.139. The Balaban J connectivity index is 1.63. The van der Waals surface area contributed by atoms with E-state index in [9.17, 15) is 9.59 Å². The molecule has 2 aliphatic rings. The summed E-state index contributed by atoms with van der Waals surface area (Å²) in [5.74, 6) is 0.656. The van der Waals surface area contributed by atoms with Gasteiger partial charge in [-0.1, -0.05) is 19.3 Å². The molecule has 0 heterocycles. The average molecular weight is 253 g/mol. The monoisotopic (exact) mass is 253 g/mol. The van der Waals surface area contributed by atoms with Crippen LogP contribution in [0.4, 0.5) is 0 Å². The summed E-state index contributed by atoms with van der Waals surface area (Å²) in [7, 11) is 0. The van der Waals surface area contributed by atoms with Crippen LogP contribution in [-0.4, -0.2) is 29.4 Å². The van der Waals surface area contributed by atoms with Crippen molar-refractivity contribution in [3.8, 4) is 0 Å². The van der Waals surface area contributed by atoms with Crippen LogP contribution in [0.5, 0.6) is 0 Å². The molecule has 2 aliphatic carbocycles. The van der Waals surface area contributed by atoms with E-state index in [1.54, 1.807) is 0 Å². The zero-order valence-corrected chi connectivity index (χ0v) is 10.9. The van der Waals surface area contributed by atoms with Gasteiger partial charge in [-0.3, -0.25) is 9.59 Å². The predicted octanol–water partition coefficient (Wildman–Crippen LogP) is 1.98. The third kappa shape index (κ3) is 4.41. The summed E-state index contributed by atoms with van der Waals surface area (Å²) < 4.78 is 0. The third-order valence-corrected chi connectivity index (χ3v) is 4.10. The van der Waals surface area contributed by atoms with Crippen molar-refractivity contribution < 1.29 is 14.7 Å². The van der Waals surface area contributed by atoms with Gasteiger partial charge in [-0.15, -0.1) is 0 Å². The number of hydrogen-bond acceptors (Lipinski definition) is 3. The number of ketones is 1. The van der Waals surface area contributed by atoms with Crippen LogP contribution in [0, 0.1) is 11.8 Å². The maximum absolute atomic E-state index is 11.7. The first-order valence-electron chi connectivity index (χ1n) is 7.13. The normalized spacial score (nSPS) is 21.3. The van der Waals surface area contributed by atoms with Crippen molar-refractivity contribution in [2.45, 2.75) is 57.4 Å². The highest BCUT2D eigenvalue weighted by atomic mass is 16.4. The molecule has 4 nitrogen and oxygen atoms in total. The molecule has 2 fully saturated rings. The first kappa shape index (κ1) is 13.5. The maximum atomic E-state index is 11.7. The van der Waals surface area contributed by atoms with Crippen LogP contribution in [0.1, 0.15) is 51.4 Å². The molecule has 0 radical (unpaired) electrons. The summed E-state index contributed by atoms with van der Waals surface area (Å²) in [6.07, 6.45) is 7.52. The van der Waals surface area contributed by atoms with Crippen molar-refractivity contribution in [1.82, 2.24) is 5.32 Å². The largest absolute Gasteiger partial charge is 0.480 e. The molecule has 0 unspecified atom stereocenters. The summed E-state index contributed by atoms with van der Waals surface area (Å²) in [5.41, 5.74) is 0. The van der Waals surface area contributed by atoms with Gasteiger partial charge in [-0.05, 0) is 37.6 Å². The summed E-state index contributed by atoms with van der Waals surface area (Å²) in [6.45, 7) is 0.785. The SMILES string of the molecule is O=C(CC[C@H](NCC1CC1)C(=O)O)CC1CCC1. The van der Waals surface area contributed by atoms with Gasteiger partial charge in [-0.2, -0.15) is 0 Å². The van der Waals surface area contributed by atoms with E-state index in [0.717, 1.165) is 6.54 Å². The fourth-order valence-electron chi connectivity index (χ4n) is 2.37. The molecule has 0 spiro atoms. The van der Waals surface area contributed by atoms with Gasteiger partial charge in [0.2, 0.25) is 0 Å². The van der Waals surface area contributed by atoms with Crippen molar-refractivity contribution in [2.24, 2.45) is 11.8 Å². The van der Waals surface area contributed by atoms with Crippen LogP contribution in [0.25, 0.3) is 0 Å². The summed E-state index contributed by atoms with van der Waals surface area (Å²) >= 11 is 0. The van der Waals surface area contributed by atoms with E-state index in [1.807, 2.05) is 0 Å². The van der Waals surface area contributed by atoms with E-state index < -0.39 is 12.0 Å². The van der Waals surface area contributed by atoms with Gasteiger partial charge in [0.05, 0.1) is 0 Å². The van der Waals surface area contributed by atoms with Crippen LogP contribution in [0.2, 0.25) is 0 Å². The minimum atomic E-state index is -0.827. The zero-order valence-electron chi connectivity index (χ0n) is 10.9. The fraction of sp³-hybridized carbons (Fsp3) is 0.857. The molecule has 0 aliphatic heterocycles. The van der Waals surface area contributed by atoms with Crippen LogP contribution < -0.4 is 5.32 Å². The second kappa shape index (κ2) is 6.32. The predicted molar refractivity (Wildman–Crippen MR) is 68.3 cm³/mol. The van der Waals surface area contributed by atoms with Crippen molar-refractivity contribution in [3.05, 3.63) is 0 Å². The minimum absolute atomic E-state index is 0.235. The number of carbonyl (C=O) groups excluding carboxylic acids is 1. The molecule has 102 valence electrons. The van der Waals surface area contributed by atoms with Crippen molar-refractivity contribution in [2.75, 3.05) is 6.54 Å². The molecule has 2 N–H and O–H groups in total. The lowest BCUT2D eigenvalue weighted by Gasteiger charge is -2.24. The third-order valence-electron chi connectivity index (χ3n) is 4.10. The molecule has 4 heteroatoms. The van der Waals surface area contributed by atoms with Gasteiger partial charge in [-0.25, -0.2) is 0 Å². The average Bonchev–Trinajstić information content (AvgIpc) is 3.06. The topological polar surface area (TPSA) is 66.4 Å². The van der Waals surface area contributed by atoms with E-state index in [4.69, 9.17) is 5.11 Å². The van der Waals surface area contributed by atoms with Crippen molar-refractivity contribution in [1.29, 1.82) is 0 Å². The number of carbonyl (C=O) groups is 2. The molecule has 0 aromatic carbocycles. The highest BCUT2D eigenvalue weighted by Crippen LogP contribution is 2.30. The summed E-state index contributed by atoms with van der Waals surface area (Å²) in [4.78, 5) is 22.8. The van der Waals surface area contributed by atoms with E-state index >= 15 is 0 Å². The van der Waals surface area contributed by atoms with E-state index in [2.05, 4.69) is 5.32 Å². The molecule has 2 saturated carbocycles. The number of Topliss-reactive ketones (excluding diaryl/α,β-unsaturated/α-hetero) is 1.